The van der Waals surface area contributed by atoms with Gasteiger partial charge in [-0.3, -0.25) is 9.69 Å². The molecule has 1 unspecified atom stereocenters. The summed E-state index contributed by atoms with van der Waals surface area (Å²) in [6.45, 7) is 12.7. The van der Waals surface area contributed by atoms with Crippen LogP contribution >= 0.6 is 11.3 Å². The molecular weight excluding hydrogens is 432 g/mol. The summed E-state index contributed by atoms with van der Waals surface area (Å²) in [7, 11) is 2.16. The molecule has 4 N–H and O–H groups in total. The summed E-state index contributed by atoms with van der Waals surface area (Å²) in [5.74, 6) is 0.494. The van der Waals surface area contributed by atoms with Crippen molar-refractivity contribution in [2.45, 2.75) is 19.8 Å². The van der Waals surface area contributed by atoms with Gasteiger partial charge in [0.25, 0.3) is 0 Å². The fourth-order valence-electron chi connectivity index (χ4n) is 3.69. The smallest absolute Gasteiger partial charge is 0.247 e. The van der Waals surface area contributed by atoms with Crippen LogP contribution in [0.4, 0.5) is 10.8 Å². The minimum absolute atomic E-state index is 0.138. The third kappa shape index (κ3) is 7.85. The maximum atomic E-state index is 11.7. The number of hydrogen-bond acceptors (Lipinski definition) is 7. The monoisotopic (exact) mass is 466 g/mol. The van der Waals surface area contributed by atoms with Crippen LogP contribution in [0, 0.1) is 6.92 Å². The molecule has 1 saturated heterocycles. The molecule has 1 aromatic heterocycles. The maximum absolute atomic E-state index is 11.7. The van der Waals surface area contributed by atoms with Crippen LogP contribution in [-0.4, -0.2) is 60.5 Å². The Labute approximate surface area is 200 Å². The van der Waals surface area contributed by atoms with Gasteiger partial charge in [0.2, 0.25) is 5.91 Å². The van der Waals surface area contributed by atoms with Crippen molar-refractivity contribution in [3.05, 3.63) is 77.1 Å². The van der Waals surface area contributed by atoms with Crippen molar-refractivity contribution in [3.8, 4) is 0 Å². The van der Waals surface area contributed by atoms with Crippen LogP contribution in [0.1, 0.15) is 23.3 Å². The van der Waals surface area contributed by atoms with Crippen LogP contribution in [0.15, 0.2) is 66.7 Å². The van der Waals surface area contributed by atoms with Crippen molar-refractivity contribution >= 4 is 28.1 Å². The van der Waals surface area contributed by atoms with E-state index in [1.165, 1.54) is 6.08 Å². The van der Waals surface area contributed by atoms with Crippen molar-refractivity contribution in [2.75, 3.05) is 50.4 Å². The first-order valence-electron chi connectivity index (χ1n) is 11.1. The van der Waals surface area contributed by atoms with E-state index in [1.54, 1.807) is 11.3 Å². The Morgan fingerprint density at radius 2 is 2.06 bits per heavy atom. The van der Waals surface area contributed by atoms with E-state index in [0.29, 0.717) is 5.82 Å². The lowest BCUT2D eigenvalue weighted by Gasteiger charge is -2.32. The van der Waals surface area contributed by atoms with E-state index in [9.17, 15) is 4.79 Å². The lowest BCUT2D eigenvalue weighted by atomic mass is 9.97. The highest BCUT2D eigenvalue weighted by Gasteiger charge is 2.15. The first kappa shape index (κ1) is 24.7. The quantitative estimate of drug-likeness (QED) is 0.385. The Hall–Kier alpha value is -2.94. The number of allylic oxidation sites excluding steroid dienone is 1. The maximum Gasteiger partial charge on any atom is 0.247 e. The molecule has 0 radical (unpaired) electrons. The summed E-state index contributed by atoms with van der Waals surface area (Å²) in [6.07, 6.45) is 7.36. The topological polar surface area (TPSA) is 86.5 Å². The van der Waals surface area contributed by atoms with Crippen molar-refractivity contribution in [1.29, 1.82) is 0 Å². The number of rotatable bonds is 9. The van der Waals surface area contributed by atoms with E-state index in [1.807, 2.05) is 37.4 Å². The SMILES string of the molecule is C=CC(=O)Nc1cccc(C(C)/C=C(\C=C(/N)Nc2ncc(C)s2)CN2CCN(C)CC2)c1. The molecule has 33 heavy (non-hydrogen) atoms. The molecule has 1 aliphatic heterocycles. The van der Waals surface area contributed by atoms with E-state index in [-0.39, 0.29) is 11.8 Å². The van der Waals surface area contributed by atoms with Crippen molar-refractivity contribution in [2.24, 2.45) is 5.73 Å². The van der Waals surface area contributed by atoms with E-state index in [2.05, 4.69) is 58.1 Å². The number of carbonyl (C=O) groups is 1. The molecule has 0 spiro atoms. The number of carbonyl (C=O) groups excluding carboxylic acids is 1. The van der Waals surface area contributed by atoms with E-state index < -0.39 is 0 Å². The van der Waals surface area contributed by atoms with E-state index >= 15 is 0 Å². The lowest BCUT2D eigenvalue weighted by Crippen LogP contribution is -2.45. The predicted molar refractivity (Wildman–Crippen MR) is 138 cm³/mol. The van der Waals surface area contributed by atoms with Gasteiger partial charge in [0.15, 0.2) is 5.13 Å². The third-order valence-corrected chi connectivity index (χ3v) is 6.37. The third-order valence-electron chi connectivity index (χ3n) is 5.54. The van der Waals surface area contributed by atoms with Gasteiger partial charge in [-0.2, -0.15) is 0 Å². The number of nitrogens with two attached hydrogens (primary N) is 1. The average molecular weight is 467 g/mol. The molecule has 3 rings (SSSR count). The molecule has 0 aliphatic carbocycles. The van der Waals surface area contributed by atoms with Gasteiger partial charge in [0, 0.05) is 49.5 Å². The Morgan fingerprint density at radius 1 is 1.30 bits per heavy atom. The molecule has 0 saturated carbocycles. The molecule has 1 aromatic carbocycles. The number of piperazine rings is 1. The minimum Gasteiger partial charge on any atom is -0.385 e. The zero-order chi connectivity index (χ0) is 23.8. The van der Waals surface area contributed by atoms with Gasteiger partial charge >= 0.3 is 0 Å². The van der Waals surface area contributed by atoms with Gasteiger partial charge in [-0.15, -0.1) is 11.3 Å². The van der Waals surface area contributed by atoms with Gasteiger partial charge in [-0.1, -0.05) is 31.7 Å². The summed E-state index contributed by atoms with van der Waals surface area (Å²) in [5, 5.41) is 6.83. The summed E-state index contributed by atoms with van der Waals surface area (Å²) in [5.41, 5.74) is 9.36. The van der Waals surface area contributed by atoms with Gasteiger partial charge in [0.05, 0.1) is 0 Å². The summed E-state index contributed by atoms with van der Waals surface area (Å²) in [6, 6.07) is 7.90. The highest BCUT2D eigenvalue weighted by atomic mass is 32.1. The summed E-state index contributed by atoms with van der Waals surface area (Å²) >= 11 is 1.58. The van der Waals surface area contributed by atoms with Crippen LogP contribution in [0.25, 0.3) is 0 Å². The predicted octanol–water partition coefficient (Wildman–Crippen LogP) is 3.77. The Balaban J connectivity index is 1.80. The second kappa shape index (κ2) is 11.8. The number of aromatic nitrogens is 1. The number of nitrogens with zero attached hydrogens (tertiary/aromatic N) is 3. The number of aryl methyl sites for hydroxylation is 1. The number of hydrogen-bond donors (Lipinski definition) is 3. The fraction of sp³-hybridized carbons (Fsp3) is 0.360. The zero-order valence-electron chi connectivity index (χ0n) is 19.7. The normalized spacial score (nSPS) is 16.9. The average Bonchev–Trinajstić information content (AvgIpc) is 3.19. The number of benzene rings is 1. The molecular formula is C25H34N6OS. The zero-order valence-corrected chi connectivity index (χ0v) is 20.5. The first-order valence-corrected chi connectivity index (χ1v) is 12.0. The molecule has 1 amide bonds. The van der Waals surface area contributed by atoms with Gasteiger partial charge in [0.1, 0.15) is 5.82 Å². The number of thiazole rings is 1. The molecule has 1 atom stereocenters. The van der Waals surface area contributed by atoms with Crippen LogP contribution in [0.2, 0.25) is 0 Å². The molecule has 7 nitrogen and oxygen atoms in total. The van der Waals surface area contributed by atoms with E-state index in [4.69, 9.17) is 5.73 Å². The summed E-state index contributed by atoms with van der Waals surface area (Å²) < 4.78 is 0. The van der Waals surface area contributed by atoms with Crippen LogP contribution in [0.5, 0.6) is 0 Å². The second-order valence-electron chi connectivity index (χ2n) is 8.43. The highest BCUT2D eigenvalue weighted by Crippen LogP contribution is 2.23. The number of nitrogens with one attached hydrogen (secondary N) is 2. The van der Waals surface area contributed by atoms with Gasteiger partial charge in [-0.25, -0.2) is 4.98 Å². The van der Waals surface area contributed by atoms with Crippen LogP contribution in [0.3, 0.4) is 0 Å². The fourth-order valence-corrected chi connectivity index (χ4v) is 4.38. The molecule has 1 aliphatic rings. The largest absolute Gasteiger partial charge is 0.385 e. The molecule has 8 heteroatoms. The van der Waals surface area contributed by atoms with Crippen LogP contribution < -0.4 is 16.4 Å². The number of likely N-dealkylation sites (N-methyl/N-ethyl adjacent to an activating group) is 1. The summed E-state index contributed by atoms with van der Waals surface area (Å²) in [4.78, 5) is 22.0. The molecule has 176 valence electrons. The first-order chi connectivity index (χ1) is 15.8. The number of anilines is 2. The van der Waals surface area contributed by atoms with Gasteiger partial charge in [-0.05, 0) is 55.3 Å². The molecule has 2 aromatic rings. The number of amides is 1. The van der Waals surface area contributed by atoms with Crippen molar-refractivity contribution < 1.29 is 4.79 Å². The van der Waals surface area contributed by atoms with E-state index in [0.717, 1.165) is 59.6 Å². The lowest BCUT2D eigenvalue weighted by molar-refractivity contribution is -0.111. The molecule has 0 bridgehead atoms. The Kier molecular flexibility index (Phi) is 8.82. The van der Waals surface area contributed by atoms with Crippen molar-refractivity contribution in [1.82, 2.24) is 14.8 Å². The molecule has 1 fully saturated rings. The highest BCUT2D eigenvalue weighted by molar-refractivity contribution is 7.15. The second-order valence-corrected chi connectivity index (χ2v) is 9.66. The van der Waals surface area contributed by atoms with Crippen LogP contribution in [-0.2, 0) is 4.79 Å². The standard InChI is InChI=1S/C25H34N6OS/c1-5-24(32)28-22-8-6-7-21(15-22)18(2)13-20(17-31-11-9-30(4)10-12-31)14-23(26)29-25-27-16-19(3)33-25/h5-8,13-16,18H,1,9-12,17,26H2,2-4H3,(H,27,29)(H,28,32)/b20-13+,23-14+. The molecule has 2 heterocycles. The van der Waals surface area contributed by atoms with Gasteiger partial charge < -0.3 is 21.3 Å². The van der Waals surface area contributed by atoms with Crippen molar-refractivity contribution in [3.63, 3.8) is 0 Å². The Morgan fingerprint density at radius 3 is 2.73 bits per heavy atom. The minimum atomic E-state index is -0.217. The Bertz CT molecular complexity index is 1020.